The van der Waals surface area contributed by atoms with Crippen LogP contribution in [0.3, 0.4) is 0 Å². The summed E-state index contributed by atoms with van der Waals surface area (Å²) in [5.41, 5.74) is 7.45. The molecule has 14 heteroatoms. The number of hydrogen-bond acceptors (Lipinski definition) is 10. The Balaban J connectivity index is 1.42. The first kappa shape index (κ1) is 26.7. The van der Waals surface area contributed by atoms with Crippen LogP contribution in [0.15, 0.2) is 46.6 Å². The number of carboxylic acids is 1. The number of ether oxygens (including phenoxy) is 1. The predicted molar refractivity (Wildman–Crippen MR) is 135 cm³/mol. The maximum atomic E-state index is 12.9. The third kappa shape index (κ3) is 5.81. The van der Waals surface area contributed by atoms with E-state index >= 15 is 0 Å². The van der Waals surface area contributed by atoms with E-state index in [0.29, 0.717) is 27.6 Å². The number of nitrogens with zero attached hydrogens (tertiary/aromatic N) is 3. The van der Waals surface area contributed by atoms with Gasteiger partial charge in [-0.1, -0.05) is 42.1 Å². The molecule has 4 rings (SSSR count). The molecule has 3 heterocycles. The Morgan fingerprint density at radius 1 is 1.30 bits per heavy atom. The van der Waals surface area contributed by atoms with Gasteiger partial charge in [0.15, 0.2) is 0 Å². The number of hydrogen-bond donors (Lipinski definition) is 4. The van der Waals surface area contributed by atoms with Crippen LogP contribution in [0.1, 0.15) is 31.1 Å². The van der Waals surface area contributed by atoms with Crippen LogP contribution in [0.2, 0.25) is 0 Å². The van der Waals surface area contributed by atoms with E-state index in [2.05, 4.69) is 20.7 Å². The highest BCUT2D eigenvalue weighted by Crippen LogP contribution is 2.41. The smallest absolute Gasteiger partial charge is 0.352 e. The molecule has 3 atom stereocenters. The molecule has 1 unspecified atom stereocenters. The van der Waals surface area contributed by atoms with Crippen molar-refractivity contribution < 1.29 is 29.0 Å². The highest BCUT2D eigenvalue weighted by atomic mass is 32.2. The van der Waals surface area contributed by atoms with Gasteiger partial charge < -0.3 is 20.9 Å². The molecule has 0 bridgehead atoms. The van der Waals surface area contributed by atoms with Gasteiger partial charge in [0.1, 0.15) is 33.9 Å². The van der Waals surface area contributed by atoms with Crippen molar-refractivity contribution in [1.29, 1.82) is 0 Å². The van der Waals surface area contributed by atoms with Gasteiger partial charge in [-0.25, -0.2) is 4.79 Å². The van der Waals surface area contributed by atoms with Crippen LogP contribution in [-0.4, -0.2) is 78.2 Å². The Kier molecular flexibility index (Phi) is 8.19. The molecule has 196 valence electrons. The fraction of sp³-hybridized carbons (Fsp3) is 0.391. The molecule has 0 saturated carbocycles. The van der Waals surface area contributed by atoms with E-state index in [1.807, 2.05) is 0 Å². The van der Waals surface area contributed by atoms with Crippen LogP contribution in [-0.2, 0) is 30.3 Å². The summed E-state index contributed by atoms with van der Waals surface area (Å²) in [4.78, 5) is 50.9. The third-order valence-electron chi connectivity index (χ3n) is 5.63. The van der Waals surface area contributed by atoms with Gasteiger partial charge in [0.2, 0.25) is 5.91 Å². The predicted octanol–water partition coefficient (Wildman–Crippen LogP) is 0.830. The molecule has 12 nitrogen and oxygen atoms in total. The average Bonchev–Trinajstić information content (AvgIpc) is 3.31. The number of amides is 2. The standard InChI is InChI=1S/C23H26N6O6S2/c1-11(2)35-15(30)8-14-20(27-28-26-14)36-9-13-10-37-22-17(21(32)29(22)18(13)23(33)34)25-19(31)16(24)12-6-4-3-5-7-12/h3-7,11,16-17,22H,8-10,24H2,1-2H3,(H,25,31)(H,33,34)(H,26,27,28)/t16-,17?,22-/m1/s1. The van der Waals surface area contributed by atoms with Crippen LogP contribution in [0.25, 0.3) is 0 Å². The number of aliphatic carboxylic acids is 1. The van der Waals surface area contributed by atoms with Crippen LogP contribution >= 0.6 is 23.5 Å². The number of carboxylic acid groups (broad SMARTS) is 1. The van der Waals surface area contributed by atoms with E-state index in [0.717, 1.165) is 0 Å². The Bertz CT molecular complexity index is 1230. The minimum atomic E-state index is -1.24. The van der Waals surface area contributed by atoms with Gasteiger partial charge in [-0.15, -0.1) is 16.9 Å². The quantitative estimate of drug-likeness (QED) is 0.188. The van der Waals surface area contributed by atoms with E-state index in [1.165, 1.54) is 28.4 Å². The van der Waals surface area contributed by atoms with Gasteiger partial charge in [-0.2, -0.15) is 10.3 Å². The second-order valence-electron chi connectivity index (χ2n) is 8.62. The summed E-state index contributed by atoms with van der Waals surface area (Å²) in [6, 6.07) is 6.95. The van der Waals surface area contributed by atoms with Crippen LogP contribution in [0, 0.1) is 0 Å². The summed E-state index contributed by atoms with van der Waals surface area (Å²) in [7, 11) is 0. The third-order valence-corrected chi connectivity index (χ3v) is 8.07. The van der Waals surface area contributed by atoms with Crippen molar-refractivity contribution >= 4 is 47.3 Å². The maximum Gasteiger partial charge on any atom is 0.352 e. The van der Waals surface area contributed by atoms with Crippen LogP contribution in [0.5, 0.6) is 0 Å². The van der Waals surface area contributed by atoms with Crippen molar-refractivity contribution in [2.75, 3.05) is 11.5 Å². The van der Waals surface area contributed by atoms with Crippen molar-refractivity contribution in [2.45, 2.75) is 48.9 Å². The summed E-state index contributed by atoms with van der Waals surface area (Å²) >= 11 is 2.57. The second kappa shape index (κ2) is 11.4. The molecular weight excluding hydrogens is 520 g/mol. The van der Waals surface area contributed by atoms with E-state index in [-0.39, 0.29) is 24.0 Å². The number of H-pyrrole nitrogens is 1. The SMILES string of the molecule is CC(C)OC(=O)Cc1n[nH]nc1SCC1=C(C(=O)O)N2C(=O)C(NC(=O)[C@H](N)c3ccccc3)[C@H]2SC1. The normalized spacial score (nSPS) is 19.8. The van der Waals surface area contributed by atoms with Crippen molar-refractivity contribution in [3.63, 3.8) is 0 Å². The zero-order chi connectivity index (χ0) is 26.7. The molecule has 1 saturated heterocycles. The minimum absolute atomic E-state index is 0.0736. The molecule has 2 aliphatic heterocycles. The topological polar surface area (TPSA) is 181 Å². The van der Waals surface area contributed by atoms with Crippen molar-refractivity contribution in [3.8, 4) is 0 Å². The number of aromatic nitrogens is 3. The number of nitrogens with two attached hydrogens (primary N) is 1. The number of benzene rings is 1. The molecule has 0 aliphatic carbocycles. The number of fused-ring (bicyclic) bond motifs is 1. The number of rotatable bonds is 10. The van der Waals surface area contributed by atoms with Gasteiger partial charge in [0.05, 0.1) is 12.5 Å². The minimum Gasteiger partial charge on any atom is -0.477 e. The maximum absolute atomic E-state index is 12.9. The first-order chi connectivity index (χ1) is 17.7. The highest BCUT2D eigenvalue weighted by molar-refractivity contribution is 8.01. The summed E-state index contributed by atoms with van der Waals surface area (Å²) in [5.74, 6) is -2.15. The molecule has 5 N–H and O–H groups in total. The summed E-state index contributed by atoms with van der Waals surface area (Å²) in [5, 5.41) is 23.0. The van der Waals surface area contributed by atoms with E-state index in [4.69, 9.17) is 10.5 Å². The number of aromatic amines is 1. The van der Waals surface area contributed by atoms with Crippen LogP contribution < -0.4 is 11.1 Å². The zero-order valence-electron chi connectivity index (χ0n) is 20.0. The number of β-lactam (4-membered cyclic amide) rings is 1. The van der Waals surface area contributed by atoms with Crippen LogP contribution in [0.4, 0.5) is 0 Å². The Morgan fingerprint density at radius 2 is 2.03 bits per heavy atom. The lowest BCUT2D eigenvalue weighted by Gasteiger charge is -2.49. The lowest BCUT2D eigenvalue weighted by Crippen LogP contribution is -2.71. The molecule has 2 aliphatic rings. The fourth-order valence-corrected chi connectivity index (χ4v) is 6.33. The summed E-state index contributed by atoms with van der Waals surface area (Å²) in [6.45, 7) is 3.49. The highest BCUT2D eigenvalue weighted by Gasteiger charge is 2.54. The van der Waals surface area contributed by atoms with Crippen molar-refractivity contribution in [2.24, 2.45) is 5.73 Å². The molecule has 37 heavy (non-hydrogen) atoms. The molecule has 1 fully saturated rings. The van der Waals surface area contributed by atoms with Gasteiger partial charge in [-0.05, 0) is 25.0 Å². The second-order valence-corrected chi connectivity index (χ2v) is 10.7. The molecular formula is C23H26N6O6S2. The van der Waals surface area contributed by atoms with E-state index < -0.39 is 41.2 Å². The first-order valence-corrected chi connectivity index (χ1v) is 13.4. The van der Waals surface area contributed by atoms with Gasteiger partial charge in [0.25, 0.3) is 5.91 Å². The molecule has 2 aromatic rings. The fourth-order valence-electron chi connectivity index (χ4n) is 3.92. The largest absolute Gasteiger partial charge is 0.477 e. The molecule has 2 amide bonds. The number of carbonyl (C=O) groups is 4. The zero-order valence-corrected chi connectivity index (χ0v) is 21.7. The first-order valence-electron chi connectivity index (χ1n) is 11.4. The van der Waals surface area contributed by atoms with Gasteiger partial charge in [-0.3, -0.25) is 19.3 Å². The summed E-state index contributed by atoms with van der Waals surface area (Å²) < 4.78 is 5.14. The van der Waals surface area contributed by atoms with Gasteiger partial charge in [0, 0.05) is 11.5 Å². The monoisotopic (exact) mass is 546 g/mol. The average molecular weight is 547 g/mol. The molecule has 1 aromatic carbocycles. The number of nitrogens with one attached hydrogen (secondary N) is 2. The van der Waals surface area contributed by atoms with E-state index in [1.54, 1.807) is 44.2 Å². The lowest BCUT2D eigenvalue weighted by molar-refractivity contribution is -0.150. The summed E-state index contributed by atoms with van der Waals surface area (Å²) in [6.07, 6.45) is -0.335. The Morgan fingerprint density at radius 3 is 2.70 bits per heavy atom. The molecule has 0 spiro atoms. The van der Waals surface area contributed by atoms with Crippen molar-refractivity contribution in [1.82, 2.24) is 25.6 Å². The van der Waals surface area contributed by atoms with E-state index in [9.17, 15) is 24.3 Å². The number of carbonyl (C=O) groups excluding carboxylic acids is 3. The van der Waals surface area contributed by atoms with Gasteiger partial charge >= 0.3 is 11.9 Å². The van der Waals surface area contributed by atoms with Crippen molar-refractivity contribution in [3.05, 3.63) is 52.9 Å². The number of esters is 1. The molecule has 0 radical (unpaired) electrons. The Hall–Kier alpha value is -3.36. The lowest BCUT2D eigenvalue weighted by atomic mass is 10.0. The Labute approximate surface area is 220 Å². The molecule has 1 aromatic heterocycles. The number of thioether (sulfide) groups is 2.